The van der Waals surface area contributed by atoms with E-state index in [2.05, 4.69) is 0 Å². The quantitative estimate of drug-likeness (QED) is 0.751. The normalized spacial score (nSPS) is 13.1. The van der Waals surface area contributed by atoms with E-state index in [0.717, 1.165) is 11.3 Å². The predicted octanol–water partition coefficient (Wildman–Crippen LogP) is 2.30. The lowest BCUT2D eigenvalue weighted by molar-refractivity contribution is -0.139. The van der Waals surface area contributed by atoms with Crippen molar-refractivity contribution in [2.75, 3.05) is 12.4 Å². The smallest absolute Gasteiger partial charge is 0.321 e. The third-order valence-electron chi connectivity index (χ3n) is 2.83. The summed E-state index contributed by atoms with van der Waals surface area (Å²) in [6.07, 6.45) is 0. The van der Waals surface area contributed by atoms with Crippen molar-refractivity contribution in [1.82, 2.24) is 0 Å². The number of aliphatic carboxylic acids is 1. The van der Waals surface area contributed by atoms with Gasteiger partial charge in [-0.05, 0) is 38.5 Å². The predicted molar refractivity (Wildman–Crippen MR) is 78.8 cm³/mol. The van der Waals surface area contributed by atoms with Crippen molar-refractivity contribution in [3.63, 3.8) is 0 Å². The van der Waals surface area contributed by atoms with Gasteiger partial charge in [0.25, 0.3) is 0 Å². The van der Waals surface area contributed by atoms with Gasteiger partial charge in [-0.2, -0.15) is 0 Å². The average molecular weight is 283 g/mol. The zero-order chi connectivity index (χ0) is 14.5. The van der Waals surface area contributed by atoms with E-state index >= 15 is 0 Å². The van der Waals surface area contributed by atoms with Gasteiger partial charge in [0.1, 0.15) is 11.8 Å². The molecule has 0 heterocycles. The fourth-order valence-corrected chi connectivity index (χ4v) is 2.53. The number of carboxylic acids is 1. The Hall–Kier alpha value is -1.20. The molecule has 4 nitrogen and oxygen atoms in total. The van der Waals surface area contributed by atoms with Crippen molar-refractivity contribution < 1.29 is 14.6 Å². The molecule has 0 aromatic heterocycles. The number of hydrogen-bond donors (Lipinski definition) is 2. The Morgan fingerprint density at radius 2 is 2.21 bits per heavy atom. The Labute approximate surface area is 118 Å². The van der Waals surface area contributed by atoms with Crippen molar-refractivity contribution in [2.24, 2.45) is 5.73 Å². The number of nitrogens with two attached hydrogens (primary N) is 1. The molecular formula is C14H21NO3S. The van der Waals surface area contributed by atoms with E-state index in [1.807, 2.05) is 45.0 Å². The molecule has 1 aromatic carbocycles. The molecule has 5 heteroatoms. The maximum Gasteiger partial charge on any atom is 0.321 e. The Morgan fingerprint density at radius 1 is 1.53 bits per heavy atom. The van der Waals surface area contributed by atoms with E-state index < -0.39 is 16.8 Å². The minimum Gasteiger partial charge on any atom is -0.493 e. The second-order valence-electron chi connectivity index (χ2n) is 4.93. The molecule has 0 aliphatic rings. The van der Waals surface area contributed by atoms with E-state index in [1.54, 1.807) is 0 Å². The van der Waals surface area contributed by atoms with Crippen LogP contribution >= 0.6 is 11.8 Å². The van der Waals surface area contributed by atoms with E-state index in [1.165, 1.54) is 11.8 Å². The van der Waals surface area contributed by atoms with Gasteiger partial charge in [0.15, 0.2) is 0 Å². The number of carboxylic acid groups (broad SMARTS) is 1. The number of carbonyl (C=O) groups is 1. The maximum absolute atomic E-state index is 10.9. The summed E-state index contributed by atoms with van der Waals surface area (Å²) in [6, 6.07) is 6.96. The standard InChI is InChI=1S/C14H21NO3S/c1-10-5-4-6-11(9-10)18-7-8-19-14(2,3)12(15)13(16)17/h4-6,9,12H,7-8,15H2,1-3H3,(H,16,17)/t12-/m0/s1. The van der Waals surface area contributed by atoms with E-state index in [-0.39, 0.29) is 0 Å². The lowest BCUT2D eigenvalue weighted by atomic mass is 10.1. The molecule has 106 valence electrons. The number of benzene rings is 1. The van der Waals surface area contributed by atoms with Crippen LogP contribution in [0.5, 0.6) is 5.75 Å². The van der Waals surface area contributed by atoms with Gasteiger partial charge in [-0.15, -0.1) is 11.8 Å². The van der Waals surface area contributed by atoms with Gasteiger partial charge in [0, 0.05) is 10.5 Å². The SMILES string of the molecule is Cc1cccc(OCCSC(C)(C)[C@@H](N)C(=O)O)c1. The van der Waals surface area contributed by atoms with Gasteiger partial charge in [-0.1, -0.05) is 12.1 Å². The fraction of sp³-hybridized carbons (Fsp3) is 0.500. The lowest BCUT2D eigenvalue weighted by Gasteiger charge is -2.27. The van der Waals surface area contributed by atoms with Crippen LogP contribution in [0.25, 0.3) is 0 Å². The first-order valence-electron chi connectivity index (χ1n) is 6.15. The summed E-state index contributed by atoms with van der Waals surface area (Å²) in [6.45, 7) is 6.22. The number of thioether (sulfide) groups is 1. The molecule has 0 amide bonds. The summed E-state index contributed by atoms with van der Waals surface area (Å²) >= 11 is 1.51. The first-order chi connectivity index (χ1) is 8.83. The minimum absolute atomic E-state index is 0.512. The van der Waals surface area contributed by atoms with E-state index in [9.17, 15) is 4.79 Å². The molecule has 0 bridgehead atoms. The van der Waals surface area contributed by atoms with Crippen LogP contribution in [0.2, 0.25) is 0 Å². The van der Waals surface area contributed by atoms with Gasteiger partial charge in [0.05, 0.1) is 6.61 Å². The van der Waals surface area contributed by atoms with Crippen LogP contribution in [0.1, 0.15) is 19.4 Å². The average Bonchev–Trinajstić information content (AvgIpc) is 2.33. The van der Waals surface area contributed by atoms with Crippen LogP contribution in [0.4, 0.5) is 0 Å². The fourth-order valence-electron chi connectivity index (χ4n) is 1.56. The lowest BCUT2D eigenvalue weighted by Crippen LogP contribution is -2.47. The molecule has 0 aliphatic carbocycles. The summed E-state index contributed by atoms with van der Waals surface area (Å²) in [4.78, 5) is 10.9. The zero-order valence-electron chi connectivity index (χ0n) is 11.6. The summed E-state index contributed by atoms with van der Waals surface area (Å²) in [5.74, 6) is 0.556. The molecule has 0 fully saturated rings. The number of rotatable bonds is 7. The first kappa shape index (κ1) is 15.9. The van der Waals surface area contributed by atoms with Gasteiger partial charge in [-0.3, -0.25) is 4.79 Å². The van der Waals surface area contributed by atoms with Crippen LogP contribution in [-0.4, -0.2) is 34.2 Å². The molecule has 0 saturated carbocycles. The van der Waals surface area contributed by atoms with Gasteiger partial charge < -0.3 is 15.6 Å². The molecule has 0 spiro atoms. The molecule has 19 heavy (non-hydrogen) atoms. The second-order valence-corrected chi connectivity index (χ2v) is 6.68. The van der Waals surface area contributed by atoms with E-state index in [4.69, 9.17) is 15.6 Å². The Morgan fingerprint density at radius 3 is 2.79 bits per heavy atom. The highest BCUT2D eigenvalue weighted by molar-refractivity contribution is 8.00. The van der Waals surface area contributed by atoms with Gasteiger partial charge >= 0.3 is 5.97 Å². The van der Waals surface area contributed by atoms with Crippen LogP contribution < -0.4 is 10.5 Å². The molecular weight excluding hydrogens is 262 g/mol. The first-order valence-corrected chi connectivity index (χ1v) is 7.13. The largest absolute Gasteiger partial charge is 0.493 e. The van der Waals surface area contributed by atoms with Gasteiger partial charge in [0.2, 0.25) is 0 Å². The molecule has 0 aliphatic heterocycles. The molecule has 1 rings (SSSR count). The number of hydrogen-bond acceptors (Lipinski definition) is 4. The van der Waals surface area contributed by atoms with Crippen molar-refractivity contribution >= 4 is 17.7 Å². The minimum atomic E-state index is -0.975. The third-order valence-corrected chi connectivity index (χ3v) is 4.20. The topological polar surface area (TPSA) is 72.5 Å². The van der Waals surface area contributed by atoms with Crippen molar-refractivity contribution in [3.8, 4) is 5.75 Å². The molecule has 1 atom stereocenters. The Balaban J connectivity index is 2.36. The highest BCUT2D eigenvalue weighted by Crippen LogP contribution is 2.27. The molecule has 1 aromatic rings. The third kappa shape index (κ3) is 5.12. The van der Waals surface area contributed by atoms with Crippen molar-refractivity contribution in [1.29, 1.82) is 0 Å². The monoisotopic (exact) mass is 283 g/mol. The molecule has 0 saturated heterocycles. The second kappa shape index (κ2) is 6.82. The van der Waals surface area contributed by atoms with Crippen molar-refractivity contribution in [3.05, 3.63) is 29.8 Å². The van der Waals surface area contributed by atoms with E-state index in [0.29, 0.717) is 12.4 Å². The molecule has 0 radical (unpaired) electrons. The Bertz CT molecular complexity index is 434. The molecule has 0 unspecified atom stereocenters. The number of ether oxygens (including phenoxy) is 1. The maximum atomic E-state index is 10.9. The van der Waals surface area contributed by atoms with Gasteiger partial charge in [-0.25, -0.2) is 0 Å². The van der Waals surface area contributed by atoms with Crippen LogP contribution in [-0.2, 0) is 4.79 Å². The van der Waals surface area contributed by atoms with Crippen LogP contribution in [0, 0.1) is 6.92 Å². The summed E-state index contributed by atoms with van der Waals surface area (Å²) in [5.41, 5.74) is 6.80. The van der Waals surface area contributed by atoms with Crippen LogP contribution in [0.3, 0.4) is 0 Å². The van der Waals surface area contributed by atoms with Crippen LogP contribution in [0.15, 0.2) is 24.3 Å². The Kier molecular flexibility index (Phi) is 5.69. The van der Waals surface area contributed by atoms with Crippen molar-refractivity contribution in [2.45, 2.75) is 31.6 Å². The summed E-state index contributed by atoms with van der Waals surface area (Å²) in [7, 11) is 0. The highest BCUT2D eigenvalue weighted by Gasteiger charge is 2.32. The summed E-state index contributed by atoms with van der Waals surface area (Å²) in [5, 5.41) is 8.91. The number of aryl methyl sites for hydroxylation is 1. The highest BCUT2D eigenvalue weighted by atomic mass is 32.2. The molecule has 3 N–H and O–H groups in total. The zero-order valence-corrected chi connectivity index (χ0v) is 12.4. The summed E-state index contributed by atoms with van der Waals surface area (Å²) < 4.78 is 5.10.